The lowest BCUT2D eigenvalue weighted by atomic mass is 9.93. The van der Waals surface area contributed by atoms with Crippen molar-refractivity contribution in [1.29, 1.82) is 0 Å². The van der Waals surface area contributed by atoms with E-state index in [-0.39, 0.29) is 0 Å². The summed E-state index contributed by atoms with van der Waals surface area (Å²) in [5.74, 6) is 1.54. The van der Waals surface area contributed by atoms with Crippen LogP contribution in [0.5, 0.6) is 0 Å². The molecule has 2 heterocycles. The maximum absolute atomic E-state index is 5.89. The average molecular weight is 287 g/mol. The summed E-state index contributed by atoms with van der Waals surface area (Å²) in [5.41, 5.74) is 5.89. The molecule has 1 saturated heterocycles. The highest BCUT2D eigenvalue weighted by atomic mass is 79.9. The van der Waals surface area contributed by atoms with Gasteiger partial charge in [-0.15, -0.1) is 0 Å². The van der Waals surface area contributed by atoms with Crippen LogP contribution >= 0.6 is 15.9 Å². The standard InChI is InChI=1S/C12H19BrN2O/c1-15-7-3-2-4-9(8-14)12(15)10-5-6-11(13)16-10/h5-6,9,12H,2-4,7-8,14H2,1H3. The predicted molar refractivity (Wildman–Crippen MR) is 68.2 cm³/mol. The van der Waals surface area contributed by atoms with Crippen molar-refractivity contribution in [3.05, 3.63) is 22.6 Å². The molecule has 0 aromatic carbocycles. The van der Waals surface area contributed by atoms with Crippen LogP contribution in [-0.4, -0.2) is 25.0 Å². The largest absolute Gasteiger partial charge is 0.453 e. The summed E-state index contributed by atoms with van der Waals surface area (Å²) < 4.78 is 6.50. The van der Waals surface area contributed by atoms with E-state index in [1.54, 1.807) is 0 Å². The molecule has 2 atom stereocenters. The minimum atomic E-state index is 0.332. The molecule has 0 spiro atoms. The summed E-state index contributed by atoms with van der Waals surface area (Å²) in [7, 11) is 2.16. The van der Waals surface area contributed by atoms with E-state index < -0.39 is 0 Å². The summed E-state index contributed by atoms with van der Waals surface area (Å²) in [6.07, 6.45) is 3.72. The zero-order chi connectivity index (χ0) is 11.5. The van der Waals surface area contributed by atoms with Gasteiger partial charge in [-0.25, -0.2) is 0 Å². The Balaban J connectivity index is 2.25. The molecule has 1 aromatic heterocycles. The van der Waals surface area contributed by atoms with E-state index in [0.717, 1.165) is 23.5 Å². The second kappa shape index (κ2) is 5.34. The van der Waals surface area contributed by atoms with Crippen molar-refractivity contribution in [1.82, 2.24) is 4.90 Å². The van der Waals surface area contributed by atoms with Crippen molar-refractivity contribution in [3.63, 3.8) is 0 Å². The SMILES string of the molecule is CN1CCCCC(CN)C1c1ccc(Br)o1. The van der Waals surface area contributed by atoms with Crippen LogP contribution in [0.1, 0.15) is 31.1 Å². The van der Waals surface area contributed by atoms with Gasteiger partial charge in [0.2, 0.25) is 0 Å². The van der Waals surface area contributed by atoms with Crippen molar-refractivity contribution >= 4 is 15.9 Å². The lowest BCUT2D eigenvalue weighted by Gasteiger charge is -2.29. The minimum Gasteiger partial charge on any atom is -0.453 e. The van der Waals surface area contributed by atoms with Gasteiger partial charge in [0.25, 0.3) is 0 Å². The Morgan fingerprint density at radius 3 is 2.94 bits per heavy atom. The third-order valence-corrected chi connectivity index (χ3v) is 3.87. The number of halogens is 1. The third kappa shape index (κ3) is 2.50. The zero-order valence-corrected chi connectivity index (χ0v) is 11.2. The smallest absolute Gasteiger partial charge is 0.169 e. The highest BCUT2D eigenvalue weighted by molar-refractivity contribution is 9.10. The Bertz CT molecular complexity index is 340. The Morgan fingerprint density at radius 2 is 2.31 bits per heavy atom. The topological polar surface area (TPSA) is 42.4 Å². The van der Waals surface area contributed by atoms with Gasteiger partial charge in [-0.2, -0.15) is 0 Å². The van der Waals surface area contributed by atoms with Crippen LogP contribution < -0.4 is 5.73 Å². The zero-order valence-electron chi connectivity index (χ0n) is 9.66. The lowest BCUT2D eigenvalue weighted by Crippen LogP contribution is -2.32. The quantitative estimate of drug-likeness (QED) is 0.909. The van der Waals surface area contributed by atoms with Gasteiger partial charge in [0.15, 0.2) is 4.67 Å². The van der Waals surface area contributed by atoms with E-state index in [4.69, 9.17) is 10.2 Å². The molecule has 3 nitrogen and oxygen atoms in total. The molecular formula is C12H19BrN2O. The monoisotopic (exact) mass is 286 g/mol. The summed E-state index contributed by atoms with van der Waals surface area (Å²) in [5, 5.41) is 0. The van der Waals surface area contributed by atoms with E-state index in [9.17, 15) is 0 Å². The molecule has 0 bridgehead atoms. The van der Waals surface area contributed by atoms with Crippen LogP contribution in [-0.2, 0) is 0 Å². The average Bonchev–Trinajstić information content (AvgIpc) is 2.59. The van der Waals surface area contributed by atoms with Gasteiger partial charge in [0.1, 0.15) is 5.76 Å². The molecule has 0 amide bonds. The fraction of sp³-hybridized carbons (Fsp3) is 0.667. The highest BCUT2D eigenvalue weighted by Crippen LogP contribution is 2.35. The Labute approximate surface area is 105 Å². The Morgan fingerprint density at radius 1 is 1.50 bits per heavy atom. The molecule has 1 aliphatic rings. The number of nitrogens with two attached hydrogens (primary N) is 1. The molecule has 1 aromatic rings. The normalized spacial score (nSPS) is 27.9. The van der Waals surface area contributed by atoms with Crippen molar-refractivity contribution in [2.75, 3.05) is 20.1 Å². The van der Waals surface area contributed by atoms with Crippen LogP contribution in [0.15, 0.2) is 21.2 Å². The second-order valence-electron chi connectivity index (χ2n) is 4.56. The molecule has 0 aliphatic carbocycles. The van der Waals surface area contributed by atoms with Gasteiger partial charge in [0.05, 0.1) is 6.04 Å². The lowest BCUT2D eigenvalue weighted by molar-refractivity contribution is 0.167. The van der Waals surface area contributed by atoms with Gasteiger partial charge in [0, 0.05) is 0 Å². The predicted octanol–water partition coefficient (Wildman–Crippen LogP) is 2.77. The van der Waals surface area contributed by atoms with Crippen LogP contribution in [0.2, 0.25) is 0 Å². The van der Waals surface area contributed by atoms with Crippen molar-refractivity contribution in [2.45, 2.75) is 25.3 Å². The third-order valence-electron chi connectivity index (χ3n) is 3.45. The molecule has 2 rings (SSSR count). The first-order valence-electron chi connectivity index (χ1n) is 5.88. The number of hydrogen-bond donors (Lipinski definition) is 1. The van der Waals surface area contributed by atoms with E-state index >= 15 is 0 Å². The van der Waals surface area contributed by atoms with Crippen LogP contribution in [0.4, 0.5) is 0 Å². The summed E-state index contributed by atoms with van der Waals surface area (Å²) in [6.45, 7) is 1.85. The fourth-order valence-corrected chi connectivity index (χ4v) is 2.93. The molecule has 2 N–H and O–H groups in total. The summed E-state index contributed by atoms with van der Waals surface area (Å²) in [4.78, 5) is 2.37. The van der Waals surface area contributed by atoms with Crippen molar-refractivity contribution in [3.8, 4) is 0 Å². The molecule has 4 heteroatoms. The molecule has 1 aliphatic heterocycles. The molecule has 0 saturated carbocycles. The van der Waals surface area contributed by atoms with Crippen molar-refractivity contribution in [2.24, 2.45) is 11.7 Å². The number of hydrogen-bond acceptors (Lipinski definition) is 3. The van der Waals surface area contributed by atoms with Gasteiger partial charge in [-0.1, -0.05) is 6.42 Å². The molecular weight excluding hydrogens is 268 g/mol. The fourth-order valence-electron chi connectivity index (χ4n) is 2.61. The Hall–Kier alpha value is -0.320. The first-order chi connectivity index (χ1) is 7.72. The van der Waals surface area contributed by atoms with E-state index in [1.807, 2.05) is 6.07 Å². The van der Waals surface area contributed by atoms with Crippen LogP contribution in [0, 0.1) is 5.92 Å². The van der Waals surface area contributed by atoms with Gasteiger partial charge < -0.3 is 10.2 Å². The molecule has 1 fully saturated rings. The van der Waals surface area contributed by atoms with Gasteiger partial charge in [-0.3, -0.25) is 4.90 Å². The van der Waals surface area contributed by atoms with Gasteiger partial charge >= 0.3 is 0 Å². The molecule has 90 valence electrons. The molecule has 2 unspecified atom stereocenters. The maximum Gasteiger partial charge on any atom is 0.169 e. The van der Waals surface area contributed by atoms with E-state index in [1.165, 1.54) is 19.3 Å². The van der Waals surface area contributed by atoms with E-state index in [2.05, 4.69) is 33.9 Å². The number of likely N-dealkylation sites (tertiary alicyclic amines) is 1. The van der Waals surface area contributed by atoms with Crippen molar-refractivity contribution < 1.29 is 4.42 Å². The molecule has 0 radical (unpaired) electrons. The second-order valence-corrected chi connectivity index (χ2v) is 5.34. The minimum absolute atomic E-state index is 0.332. The van der Waals surface area contributed by atoms with Crippen LogP contribution in [0.25, 0.3) is 0 Å². The maximum atomic E-state index is 5.89. The number of furan rings is 1. The first kappa shape index (κ1) is 12.1. The van der Waals surface area contributed by atoms with Gasteiger partial charge in [-0.05, 0) is 67.0 Å². The van der Waals surface area contributed by atoms with Crippen LogP contribution in [0.3, 0.4) is 0 Å². The summed E-state index contributed by atoms with van der Waals surface area (Å²) >= 11 is 3.36. The summed E-state index contributed by atoms with van der Waals surface area (Å²) in [6, 6.07) is 4.35. The number of rotatable bonds is 2. The highest BCUT2D eigenvalue weighted by Gasteiger charge is 2.30. The number of nitrogens with zero attached hydrogens (tertiary/aromatic N) is 1. The van der Waals surface area contributed by atoms with E-state index in [0.29, 0.717) is 12.0 Å². The Kier molecular flexibility index (Phi) is 4.05. The first-order valence-corrected chi connectivity index (χ1v) is 6.67. The molecule has 16 heavy (non-hydrogen) atoms.